The number of hydrogen-bond donors (Lipinski definition) is 1. The molecule has 0 bridgehead atoms. The highest BCUT2D eigenvalue weighted by atomic mass is 79.9. The van der Waals surface area contributed by atoms with Crippen molar-refractivity contribution in [3.05, 3.63) is 33.8 Å². The van der Waals surface area contributed by atoms with Crippen LogP contribution in [0.4, 0.5) is 0 Å². The fraction of sp³-hybridized carbons (Fsp3) is 0.333. The molecule has 1 rings (SSSR count). The van der Waals surface area contributed by atoms with Crippen LogP contribution in [0.15, 0.2) is 22.7 Å². The minimum Gasteiger partial charge on any atom is -0.330 e. The number of aryl methyl sites for hydroxylation is 1. The monoisotopic (exact) mass is 249 g/mol. The molecule has 0 aliphatic carbocycles. The van der Waals surface area contributed by atoms with Crippen LogP contribution in [-0.4, -0.2) is 6.54 Å². The van der Waals surface area contributed by atoms with Gasteiger partial charge in [0.15, 0.2) is 0 Å². The normalized spacial score (nSPS) is 9.25. The molecule has 0 aromatic heterocycles. The molecule has 0 spiro atoms. The first-order valence-electron chi connectivity index (χ1n) is 3.69. The third-order valence-corrected chi connectivity index (χ3v) is 2.39. The van der Waals surface area contributed by atoms with Crippen LogP contribution in [0.25, 0.3) is 0 Å². The summed E-state index contributed by atoms with van der Waals surface area (Å²) >= 11 is 3.48. The van der Waals surface area contributed by atoms with Gasteiger partial charge in [-0.05, 0) is 31.5 Å². The van der Waals surface area contributed by atoms with Crippen LogP contribution in [0.5, 0.6) is 0 Å². The smallest absolute Gasteiger partial charge is 0.0207 e. The average molecular weight is 251 g/mol. The Bertz CT molecular complexity index is 250. The van der Waals surface area contributed by atoms with Crippen LogP contribution in [0.1, 0.15) is 11.1 Å². The summed E-state index contributed by atoms with van der Waals surface area (Å²) in [6.45, 7) is 2.80. The van der Waals surface area contributed by atoms with E-state index in [0.717, 1.165) is 10.9 Å². The lowest BCUT2D eigenvalue weighted by atomic mass is 10.1. The van der Waals surface area contributed by atoms with Gasteiger partial charge in [-0.2, -0.15) is 0 Å². The van der Waals surface area contributed by atoms with Crippen molar-refractivity contribution in [3.8, 4) is 0 Å². The van der Waals surface area contributed by atoms with E-state index in [9.17, 15) is 0 Å². The summed E-state index contributed by atoms with van der Waals surface area (Å²) in [6.07, 6.45) is 0.947. The summed E-state index contributed by atoms with van der Waals surface area (Å²) in [4.78, 5) is 0. The summed E-state index contributed by atoms with van der Waals surface area (Å²) in [5.74, 6) is 0. The van der Waals surface area contributed by atoms with Crippen molar-refractivity contribution < 1.29 is 0 Å². The molecule has 1 aromatic carbocycles. The zero-order valence-corrected chi connectivity index (χ0v) is 9.41. The highest BCUT2D eigenvalue weighted by molar-refractivity contribution is 9.10. The van der Waals surface area contributed by atoms with Gasteiger partial charge in [0, 0.05) is 4.47 Å². The van der Waals surface area contributed by atoms with E-state index in [-0.39, 0.29) is 12.4 Å². The molecule has 0 aliphatic heterocycles. The van der Waals surface area contributed by atoms with Crippen LogP contribution in [-0.2, 0) is 6.42 Å². The van der Waals surface area contributed by atoms with Crippen LogP contribution in [0.2, 0.25) is 0 Å². The first-order chi connectivity index (χ1) is 5.24. The lowest BCUT2D eigenvalue weighted by Crippen LogP contribution is -2.03. The van der Waals surface area contributed by atoms with Gasteiger partial charge < -0.3 is 5.73 Å². The van der Waals surface area contributed by atoms with Gasteiger partial charge in [-0.25, -0.2) is 0 Å². The SMILES string of the molecule is Cc1ccc(Br)c(CCN)c1.Cl. The Morgan fingerprint density at radius 2 is 2.08 bits per heavy atom. The first-order valence-corrected chi connectivity index (χ1v) is 4.48. The van der Waals surface area contributed by atoms with Gasteiger partial charge in [-0.1, -0.05) is 33.6 Å². The molecule has 0 unspecified atom stereocenters. The molecular formula is C9H13BrClN. The predicted octanol–water partition coefficient (Wildman–Crippen LogP) is 2.68. The van der Waals surface area contributed by atoms with Gasteiger partial charge in [0.2, 0.25) is 0 Å². The molecule has 0 heterocycles. The lowest BCUT2D eigenvalue weighted by Gasteiger charge is -2.02. The Balaban J connectivity index is 0.00000121. The number of hydrogen-bond acceptors (Lipinski definition) is 1. The number of halogens is 2. The van der Waals surface area contributed by atoms with Crippen molar-refractivity contribution in [2.75, 3.05) is 6.54 Å². The van der Waals surface area contributed by atoms with Crippen molar-refractivity contribution >= 4 is 28.3 Å². The number of nitrogens with two attached hydrogens (primary N) is 1. The maximum absolute atomic E-state index is 5.46. The molecule has 0 atom stereocenters. The Hall–Kier alpha value is -0.0500. The first kappa shape index (κ1) is 11.9. The van der Waals surface area contributed by atoms with Gasteiger partial charge in [0.1, 0.15) is 0 Å². The molecule has 0 radical (unpaired) electrons. The van der Waals surface area contributed by atoms with Crippen LogP contribution in [0, 0.1) is 6.92 Å². The molecule has 0 saturated carbocycles. The minimum atomic E-state index is 0. The maximum atomic E-state index is 5.46. The minimum absolute atomic E-state index is 0. The Morgan fingerprint density at radius 3 is 2.67 bits per heavy atom. The lowest BCUT2D eigenvalue weighted by molar-refractivity contribution is 0.961. The van der Waals surface area contributed by atoms with E-state index in [1.807, 2.05) is 0 Å². The van der Waals surface area contributed by atoms with Gasteiger partial charge in [0.25, 0.3) is 0 Å². The third-order valence-electron chi connectivity index (χ3n) is 1.61. The molecule has 2 N–H and O–H groups in total. The summed E-state index contributed by atoms with van der Waals surface area (Å²) in [7, 11) is 0. The van der Waals surface area contributed by atoms with Crippen molar-refractivity contribution in [1.29, 1.82) is 0 Å². The fourth-order valence-corrected chi connectivity index (χ4v) is 1.50. The van der Waals surface area contributed by atoms with Crippen LogP contribution < -0.4 is 5.73 Å². The second-order valence-corrected chi connectivity index (χ2v) is 3.49. The molecule has 68 valence electrons. The molecule has 1 aromatic rings. The highest BCUT2D eigenvalue weighted by Gasteiger charge is 1.97. The number of benzene rings is 1. The fourth-order valence-electron chi connectivity index (χ4n) is 1.05. The average Bonchev–Trinajstić information content (AvgIpc) is 1.98. The van der Waals surface area contributed by atoms with Gasteiger partial charge in [-0.3, -0.25) is 0 Å². The Kier molecular flexibility index (Phi) is 5.55. The quantitative estimate of drug-likeness (QED) is 0.858. The van der Waals surface area contributed by atoms with Crippen molar-refractivity contribution in [2.45, 2.75) is 13.3 Å². The molecule has 12 heavy (non-hydrogen) atoms. The van der Waals surface area contributed by atoms with Gasteiger partial charge in [-0.15, -0.1) is 12.4 Å². The van der Waals surface area contributed by atoms with E-state index >= 15 is 0 Å². The largest absolute Gasteiger partial charge is 0.330 e. The van der Waals surface area contributed by atoms with Crippen LogP contribution in [0.3, 0.4) is 0 Å². The summed E-state index contributed by atoms with van der Waals surface area (Å²) in [5, 5.41) is 0. The molecule has 0 aliphatic rings. The zero-order chi connectivity index (χ0) is 8.27. The number of rotatable bonds is 2. The Labute approximate surface area is 87.9 Å². The summed E-state index contributed by atoms with van der Waals surface area (Å²) in [6, 6.07) is 6.32. The molecule has 0 fully saturated rings. The zero-order valence-electron chi connectivity index (χ0n) is 7.01. The summed E-state index contributed by atoms with van der Waals surface area (Å²) in [5.41, 5.74) is 8.05. The van der Waals surface area contributed by atoms with Crippen molar-refractivity contribution in [3.63, 3.8) is 0 Å². The second-order valence-electron chi connectivity index (χ2n) is 2.63. The third kappa shape index (κ3) is 3.13. The Morgan fingerprint density at radius 1 is 1.42 bits per heavy atom. The van der Waals surface area contributed by atoms with Crippen molar-refractivity contribution in [2.24, 2.45) is 5.73 Å². The second kappa shape index (κ2) is 5.57. The van der Waals surface area contributed by atoms with Gasteiger partial charge >= 0.3 is 0 Å². The highest BCUT2D eigenvalue weighted by Crippen LogP contribution is 2.17. The standard InChI is InChI=1S/C9H12BrN.ClH/c1-7-2-3-9(10)8(6-7)4-5-11;/h2-3,6H,4-5,11H2,1H3;1H. The molecule has 1 nitrogen and oxygen atoms in total. The van der Waals surface area contributed by atoms with E-state index in [0.29, 0.717) is 6.54 Å². The molecule has 0 amide bonds. The summed E-state index contributed by atoms with van der Waals surface area (Å²) < 4.78 is 1.16. The van der Waals surface area contributed by atoms with Crippen molar-refractivity contribution in [1.82, 2.24) is 0 Å². The molecular weight excluding hydrogens is 237 g/mol. The van der Waals surface area contributed by atoms with E-state index in [4.69, 9.17) is 5.73 Å². The molecule has 3 heteroatoms. The van der Waals surface area contributed by atoms with Gasteiger partial charge in [0.05, 0.1) is 0 Å². The molecule has 0 saturated heterocycles. The predicted molar refractivity (Wildman–Crippen MR) is 58.9 cm³/mol. The van der Waals surface area contributed by atoms with E-state index < -0.39 is 0 Å². The maximum Gasteiger partial charge on any atom is 0.0207 e. The van der Waals surface area contributed by atoms with E-state index in [1.165, 1.54) is 11.1 Å². The topological polar surface area (TPSA) is 26.0 Å². The van der Waals surface area contributed by atoms with Crippen LogP contribution >= 0.6 is 28.3 Å². The van der Waals surface area contributed by atoms with E-state index in [1.54, 1.807) is 0 Å². The van der Waals surface area contributed by atoms with E-state index in [2.05, 4.69) is 41.1 Å².